The molecule has 0 radical (unpaired) electrons. The molecule has 2 aromatic rings. The van der Waals surface area contributed by atoms with Gasteiger partial charge in [0.1, 0.15) is 0 Å². The van der Waals surface area contributed by atoms with Crippen molar-refractivity contribution in [1.82, 2.24) is 4.98 Å². The molecular weight excluding hydrogens is 266 g/mol. The maximum atomic E-state index is 11.6. The number of ether oxygens (including phenoxy) is 1. The Labute approximate surface area is 124 Å². The second kappa shape index (κ2) is 8.37. The lowest BCUT2D eigenvalue weighted by Crippen LogP contribution is -2.07. The normalized spacial score (nSPS) is 10.7. The average Bonchev–Trinajstić information content (AvgIpc) is 2.52. The van der Waals surface area contributed by atoms with Crippen molar-refractivity contribution < 1.29 is 14.6 Å². The number of hydrogen-bond acceptors (Lipinski definition) is 4. The van der Waals surface area contributed by atoms with Crippen molar-refractivity contribution in [3.63, 3.8) is 0 Å². The second-order valence-electron chi connectivity index (χ2n) is 5.00. The highest BCUT2D eigenvalue weighted by atomic mass is 16.5. The molecule has 0 atom stereocenters. The fourth-order valence-electron chi connectivity index (χ4n) is 2.13. The van der Waals surface area contributed by atoms with Gasteiger partial charge in [-0.1, -0.05) is 24.3 Å². The van der Waals surface area contributed by atoms with Gasteiger partial charge in [-0.15, -0.1) is 0 Å². The second-order valence-corrected chi connectivity index (χ2v) is 5.00. The number of nitrogens with zero attached hydrogens (tertiary/aromatic N) is 1. The fraction of sp³-hybridized carbons (Fsp3) is 0.412. The molecule has 0 bridgehead atoms. The van der Waals surface area contributed by atoms with Crippen molar-refractivity contribution in [1.29, 1.82) is 0 Å². The van der Waals surface area contributed by atoms with Crippen LogP contribution in [0.25, 0.3) is 10.9 Å². The van der Waals surface area contributed by atoms with E-state index in [2.05, 4.69) is 4.98 Å². The SMILES string of the molecule is O=C(CCc1ccc2ccccc2n1)OCCCCCO. The Hall–Kier alpha value is -1.94. The number of aliphatic hydroxyl groups excluding tert-OH is 1. The smallest absolute Gasteiger partial charge is 0.306 e. The van der Waals surface area contributed by atoms with Crippen molar-refractivity contribution in [2.75, 3.05) is 13.2 Å². The van der Waals surface area contributed by atoms with E-state index in [4.69, 9.17) is 9.84 Å². The van der Waals surface area contributed by atoms with E-state index in [1.807, 2.05) is 36.4 Å². The van der Waals surface area contributed by atoms with Gasteiger partial charge in [-0.25, -0.2) is 0 Å². The van der Waals surface area contributed by atoms with Crippen LogP contribution in [0.3, 0.4) is 0 Å². The minimum Gasteiger partial charge on any atom is -0.466 e. The standard InChI is InChI=1S/C17H21NO3/c19-12-4-1-5-13-21-17(20)11-10-15-9-8-14-6-2-3-7-16(14)18-15/h2-3,6-9,19H,1,4-5,10-13H2. The zero-order valence-corrected chi connectivity index (χ0v) is 12.1. The number of aromatic nitrogens is 1. The van der Waals surface area contributed by atoms with Gasteiger partial charge in [-0.3, -0.25) is 9.78 Å². The van der Waals surface area contributed by atoms with Gasteiger partial charge in [-0.2, -0.15) is 0 Å². The topological polar surface area (TPSA) is 59.4 Å². The molecule has 0 saturated heterocycles. The van der Waals surface area contributed by atoms with Gasteiger partial charge in [0, 0.05) is 24.1 Å². The maximum absolute atomic E-state index is 11.6. The third-order valence-electron chi connectivity index (χ3n) is 3.31. The highest BCUT2D eigenvalue weighted by Gasteiger charge is 2.05. The predicted octanol–water partition coefficient (Wildman–Crippen LogP) is 2.87. The van der Waals surface area contributed by atoms with Gasteiger partial charge >= 0.3 is 5.97 Å². The van der Waals surface area contributed by atoms with E-state index in [0.717, 1.165) is 35.9 Å². The van der Waals surface area contributed by atoms with Gasteiger partial charge in [0.05, 0.1) is 18.5 Å². The molecule has 1 aromatic heterocycles. The predicted molar refractivity (Wildman–Crippen MR) is 82.0 cm³/mol. The van der Waals surface area contributed by atoms with Crippen LogP contribution in [-0.2, 0) is 16.0 Å². The van der Waals surface area contributed by atoms with Crippen LogP contribution < -0.4 is 0 Å². The van der Waals surface area contributed by atoms with Crippen molar-refractivity contribution in [2.45, 2.75) is 32.1 Å². The molecule has 0 aliphatic carbocycles. The van der Waals surface area contributed by atoms with Crippen LogP contribution in [0.4, 0.5) is 0 Å². The van der Waals surface area contributed by atoms with Gasteiger partial charge in [0.2, 0.25) is 0 Å². The summed E-state index contributed by atoms with van der Waals surface area (Å²) < 4.78 is 5.15. The molecule has 0 unspecified atom stereocenters. The molecule has 4 heteroatoms. The van der Waals surface area contributed by atoms with Gasteiger partial charge < -0.3 is 9.84 Å². The number of esters is 1. The summed E-state index contributed by atoms with van der Waals surface area (Å²) in [4.78, 5) is 16.1. The number of aliphatic hydroxyl groups is 1. The fourth-order valence-corrected chi connectivity index (χ4v) is 2.13. The summed E-state index contributed by atoms with van der Waals surface area (Å²) in [6.07, 6.45) is 3.40. The number of unbranched alkanes of at least 4 members (excludes halogenated alkanes) is 2. The number of para-hydroxylation sites is 1. The van der Waals surface area contributed by atoms with Crippen LogP contribution in [0.1, 0.15) is 31.4 Å². The highest BCUT2D eigenvalue weighted by Crippen LogP contribution is 2.12. The lowest BCUT2D eigenvalue weighted by atomic mass is 10.1. The molecule has 112 valence electrons. The quantitative estimate of drug-likeness (QED) is 0.599. The number of rotatable bonds is 8. The Morgan fingerprint density at radius 3 is 2.81 bits per heavy atom. The van der Waals surface area contributed by atoms with E-state index in [0.29, 0.717) is 19.4 Å². The Morgan fingerprint density at radius 1 is 1.10 bits per heavy atom. The van der Waals surface area contributed by atoms with Crippen LogP contribution in [0, 0.1) is 0 Å². The molecule has 0 aliphatic heterocycles. The van der Waals surface area contributed by atoms with Crippen molar-refractivity contribution in [3.8, 4) is 0 Å². The molecule has 0 fully saturated rings. The number of carbonyl (C=O) groups is 1. The Balaban J connectivity index is 1.75. The van der Waals surface area contributed by atoms with Crippen LogP contribution in [0.15, 0.2) is 36.4 Å². The van der Waals surface area contributed by atoms with Crippen molar-refractivity contribution in [2.24, 2.45) is 0 Å². The van der Waals surface area contributed by atoms with Crippen LogP contribution in [0.5, 0.6) is 0 Å². The Morgan fingerprint density at radius 2 is 1.95 bits per heavy atom. The number of benzene rings is 1. The Kier molecular flexibility index (Phi) is 6.16. The summed E-state index contributed by atoms with van der Waals surface area (Å²) in [6, 6.07) is 11.9. The third-order valence-corrected chi connectivity index (χ3v) is 3.31. The zero-order valence-electron chi connectivity index (χ0n) is 12.1. The van der Waals surface area contributed by atoms with Crippen molar-refractivity contribution >= 4 is 16.9 Å². The first-order valence-corrected chi connectivity index (χ1v) is 7.41. The molecule has 1 heterocycles. The lowest BCUT2D eigenvalue weighted by Gasteiger charge is -2.05. The van der Waals surface area contributed by atoms with Gasteiger partial charge in [0.25, 0.3) is 0 Å². The lowest BCUT2D eigenvalue weighted by molar-refractivity contribution is -0.143. The third kappa shape index (κ3) is 5.16. The molecular formula is C17H21NO3. The number of hydrogen-bond donors (Lipinski definition) is 1. The first kappa shape index (κ1) is 15.4. The van der Waals surface area contributed by atoms with Gasteiger partial charge in [0.15, 0.2) is 0 Å². The van der Waals surface area contributed by atoms with Crippen LogP contribution >= 0.6 is 0 Å². The largest absolute Gasteiger partial charge is 0.466 e. The van der Waals surface area contributed by atoms with Crippen LogP contribution in [-0.4, -0.2) is 29.3 Å². The molecule has 2 rings (SSSR count). The molecule has 21 heavy (non-hydrogen) atoms. The minimum atomic E-state index is -0.186. The molecule has 1 aromatic carbocycles. The van der Waals surface area contributed by atoms with Crippen molar-refractivity contribution in [3.05, 3.63) is 42.1 Å². The first-order chi connectivity index (χ1) is 10.3. The van der Waals surface area contributed by atoms with E-state index < -0.39 is 0 Å². The highest BCUT2D eigenvalue weighted by molar-refractivity contribution is 5.78. The minimum absolute atomic E-state index is 0.186. The van der Waals surface area contributed by atoms with E-state index in [9.17, 15) is 4.79 Å². The van der Waals surface area contributed by atoms with Gasteiger partial charge in [-0.05, 0) is 31.4 Å². The Bertz CT molecular complexity index is 583. The average molecular weight is 287 g/mol. The summed E-state index contributed by atoms with van der Waals surface area (Å²) in [5.41, 5.74) is 1.86. The summed E-state index contributed by atoms with van der Waals surface area (Å²) in [5, 5.41) is 9.75. The van der Waals surface area contributed by atoms with E-state index in [1.54, 1.807) is 0 Å². The number of pyridine rings is 1. The summed E-state index contributed by atoms with van der Waals surface area (Å²) in [6.45, 7) is 0.631. The molecule has 1 N–H and O–H groups in total. The van der Waals surface area contributed by atoms with E-state index >= 15 is 0 Å². The summed E-state index contributed by atoms with van der Waals surface area (Å²) in [5.74, 6) is -0.186. The zero-order chi connectivity index (χ0) is 14.9. The molecule has 0 saturated carbocycles. The first-order valence-electron chi connectivity index (χ1n) is 7.41. The molecule has 4 nitrogen and oxygen atoms in total. The summed E-state index contributed by atoms with van der Waals surface area (Å²) in [7, 11) is 0. The van der Waals surface area contributed by atoms with E-state index in [1.165, 1.54) is 0 Å². The molecule has 0 amide bonds. The maximum Gasteiger partial charge on any atom is 0.306 e. The molecule has 0 spiro atoms. The monoisotopic (exact) mass is 287 g/mol. The summed E-state index contributed by atoms with van der Waals surface area (Å²) >= 11 is 0. The van der Waals surface area contributed by atoms with Crippen LogP contribution in [0.2, 0.25) is 0 Å². The van der Waals surface area contributed by atoms with E-state index in [-0.39, 0.29) is 12.6 Å². The number of aryl methyl sites for hydroxylation is 1. The number of carbonyl (C=O) groups excluding carboxylic acids is 1. The number of fused-ring (bicyclic) bond motifs is 1. The molecule has 0 aliphatic rings.